The molecule has 0 aliphatic carbocycles. The molecule has 90 valence electrons. The van der Waals surface area contributed by atoms with Gasteiger partial charge in [0.1, 0.15) is 28.8 Å². The lowest BCUT2D eigenvalue weighted by Gasteiger charge is -2.14. The highest BCUT2D eigenvalue weighted by molar-refractivity contribution is 9.09. The Morgan fingerprint density at radius 2 is 1.62 bits per heavy atom. The molecule has 16 heavy (non-hydrogen) atoms. The van der Waals surface area contributed by atoms with E-state index in [1.165, 1.54) is 0 Å². The molecule has 1 atom stereocenters. The summed E-state index contributed by atoms with van der Waals surface area (Å²) >= 11 is 2.36. The van der Waals surface area contributed by atoms with Crippen molar-refractivity contribution in [3.05, 3.63) is 29.8 Å². The predicted octanol–water partition coefficient (Wildman–Crippen LogP) is 3.67. The Bertz CT molecular complexity index is 345. The molecule has 0 saturated heterocycles. The molecule has 0 heterocycles. The van der Waals surface area contributed by atoms with E-state index in [4.69, 9.17) is 0 Å². The summed E-state index contributed by atoms with van der Waals surface area (Å²) in [7, 11) is 0. The quantitative estimate of drug-likeness (QED) is 0.611. The molecule has 0 bridgehead atoms. The van der Waals surface area contributed by atoms with E-state index in [1.54, 1.807) is 0 Å². The lowest BCUT2D eigenvalue weighted by Crippen LogP contribution is -2.28. The third kappa shape index (κ3) is 3.96. The Hall–Kier alpha value is -0.850. The largest absolute Gasteiger partial charge is 0.492 e. The molecule has 7 heteroatoms. The fourth-order valence-corrected chi connectivity index (χ4v) is 1.01. The zero-order chi connectivity index (χ0) is 12.3. The van der Waals surface area contributed by atoms with E-state index in [0.29, 0.717) is 6.07 Å². The maximum Gasteiger partial charge on any atom is 0.404 e. The summed E-state index contributed by atoms with van der Waals surface area (Å²) in [6, 6.07) is 2.21. The Morgan fingerprint density at radius 3 is 2.06 bits per heavy atom. The van der Waals surface area contributed by atoms with Crippen LogP contribution in [0.5, 0.6) is 5.75 Å². The third-order valence-electron chi connectivity index (χ3n) is 1.59. The first kappa shape index (κ1) is 13.2. The number of hydrogen-bond acceptors (Lipinski definition) is 1. The normalized spacial score (nSPS) is 13.6. The zero-order valence-corrected chi connectivity index (χ0v) is 9.28. The van der Waals surface area contributed by atoms with Crippen LogP contribution in [-0.2, 0) is 0 Å². The summed E-state index contributed by atoms with van der Waals surface area (Å²) in [5.41, 5.74) is 0. The first-order chi connectivity index (χ1) is 7.29. The van der Waals surface area contributed by atoms with Crippen LogP contribution < -0.4 is 4.74 Å². The third-order valence-corrected chi connectivity index (χ3v) is 2.37. The Morgan fingerprint density at radius 1 is 1.12 bits per heavy atom. The van der Waals surface area contributed by atoms with Gasteiger partial charge >= 0.3 is 6.18 Å². The summed E-state index contributed by atoms with van der Waals surface area (Å²) in [4.78, 5) is -1.88. The molecule has 1 nitrogen and oxygen atoms in total. The van der Waals surface area contributed by atoms with Gasteiger partial charge in [-0.1, -0.05) is 15.9 Å². The molecule has 0 aliphatic rings. The zero-order valence-electron chi connectivity index (χ0n) is 7.69. The van der Waals surface area contributed by atoms with Crippen molar-refractivity contribution in [3.8, 4) is 5.75 Å². The van der Waals surface area contributed by atoms with E-state index in [2.05, 4.69) is 20.7 Å². The minimum Gasteiger partial charge on any atom is -0.492 e. The molecule has 0 aromatic heterocycles. The number of alkyl halides is 4. The lowest BCUT2D eigenvalue weighted by atomic mass is 10.3. The topological polar surface area (TPSA) is 9.23 Å². The summed E-state index contributed by atoms with van der Waals surface area (Å²) in [5, 5.41) is 0. The minimum atomic E-state index is -4.47. The number of benzene rings is 1. The van der Waals surface area contributed by atoms with E-state index >= 15 is 0 Å². The molecule has 1 unspecified atom stereocenters. The fourth-order valence-electron chi connectivity index (χ4n) is 0.876. The van der Waals surface area contributed by atoms with Gasteiger partial charge in [-0.15, -0.1) is 0 Å². The van der Waals surface area contributed by atoms with Crippen LogP contribution in [0.1, 0.15) is 0 Å². The molecule has 0 fully saturated rings. The molecule has 0 saturated carbocycles. The van der Waals surface area contributed by atoms with Crippen molar-refractivity contribution < 1.29 is 26.7 Å². The molecular weight excluding hydrogens is 299 g/mol. The SMILES string of the molecule is Fc1cc(F)cc(OCC(Br)C(F)(F)F)c1. The predicted molar refractivity (Wildman–Crippen MR) is 50.6 cm³/mol. The van der Waals surface area contributed by atoms with Crippen molar-refractivity contribution in [1.82, 2.24) is 0 Å². The maximum absolute atomic E-state index is 12.6. The van der Waals surface area contributed by atoms with Gasteiger partial charge in [-0.2, -0.15) is 13.2 Å². The molecule has 0 radical (unpaired) electrons. The fraction of sp³-hybridized carbons (Fsp3) is 0.333. The van der Waals surface area contributed by atoms with Crippen molar-refractivity contribution in [2.75, 3.05) is 6.61 Å². The van der Waals surface area contributed by atoms with Gasteiger partial charge in [0.25, 0.3) is 0 Å². The van der Waals surface area contributed by atoms with Crippen LogP contribution in [0.3, 0.4) is 0 Å². The highest BCUT2D eigenvalue weighted by atomic mass is 79.9. The van der Waals surface area contributed by atoms with Crippen LogP contribution in [0.2, 0.25) is 0 Å². The van der Waals surface area contributed by atoms with Gasteiger partial charge in [0.2, 0.25) is 0 Å². The van der Waals surface area contributed by atoms with Gasteiger partial charge in [-0.25, -0.2) is 8.78 Å². The Labute approximate surface area is 96.3 Å². The molecule has 0 N–H and O–H groups in total. The van der Waals surface area contributed by atoms with Gasteiger partial charge in [0.15, 0.2) is 0 Å². The van der Waals surface area contributed by atoms with Gasteiger partial charge in [-0.05, 0) is 0 Å². The van der Waals surface area contributed by atoms with Gasteiger partial charge in [0, 0.05) is 18.2 Å². The maximum atomic E-state index is 12.6. The Kier molecular flexibility index (Phi) is 4.12. The van der Waals surface area contributed by atoms with E-state index in [0.717, 1.165) is 12.1 Å². The monoisotopic (exact) mass is 304 g/mol. The first-order valence-corrected chi connectivity index (χ1v) is 5.00. The highest BCUT2D eigenvalue weighted by Gasteiger charge is 2.38. The average molecular weight is 305 g/mol. The second kappa shape index (κ2) is 4.99. The van der Waals surface area contributed by atoms with Gasteiger partial charge in [-0.3, -0.25) is 0 Å². The number of halogens is 6. The average Bonchev–Trinajstić information content (AvgIpc) is 2.11. The molecule has 1 rings (SSSR count). The van der Waals surface area contributed by atoms with E-state index in [1.807, 2.05) is 0 Å². The molecule has 1 aromatic carbocycles. The summed E-state index contributed by atoms with van der Waals surface area (Å²) in [6.45, 7) is -0.758. The van der Waals surface area contributed by atoms with E-state index in [-0.39, 0.29) is 5.75 Å². The molecule has 1 aromatic rings. The summed E-state index contributed by atoms with van der Waals surface area (Å²) in [6.07, 6.45) is -4.47. The number of hydrogen-bond donors (Lipinski definition) is 0. The molecular formula is C9H6BrF5O. The van der Waals surface area contributed by atoms with E-state index < -0.39 is 29.2 Å². The first-order valence-electron chi connectivity index (χ1n) is 4.08. The molecule has 0 aliphatic heterocycles. The molecule has 0 spiro atoms. The second-order valence-corrected chi connectivity index (χ2v) is 4.03. The van der Waals surface area contributed by atoms with Crippen molar-refractivity contribution >= 4 is 15.9 Å². The van der Waals surface area contributed by atoms with Gasteiger partial charge < -0.3 is 4.74 Å². The van der Waals surface area contributed by atoms with Gasteiger partial charge in [0.05, 0.1) is 0 Å². The van der Waals surface area contributed by atoms with Crippen LogP contribution in [-0.4, -0.2) is 17.6 Å². The van der Waals surface area contributed by atoms with Crippen LogP contribution in [0.15, 0.2) is 18.2 Å². The summed E-state index contributed by atoms with van der Waals surface area (Å²) < 4.78 is 66.0. The second-order valence-electron chi connectivity index (χ2n) is 2.93. The van der Waals surface area contributed by atoms with Crippen molar-refractivity contribution in [2.24, 2.45) is 0 Å². The van der Waals surface area contributed by atoms with Crippen molar-refractivity contribution in [1.29, 1.82) is 0 Å². The lowest BCUT2D eigenvalue weighted by molar-refractivity contribution is -0.132. The van der Waals surface area contributed by atoms with Crippen LogP contribution in [0, 0.1) is 11.6 Å². The standard InChI is InChI=1S/C9H6BrF5O/c10-8(9(13,14)15)4-16-7-2-5(11)1-6(12)3-7/h1-3,8H,4H2. The van der Waals surface area contributed by atoms with Crippen molar-refractivity contribution in [3.63, 3.8) is 0 Å². The van der Waals surface area contributed by atoms with E-state index in [9.17, 15) is 22.0 Å². The van der Waals surface area contributed by atoms with Crippen molar-refractivity contribution in [2.45, 2.75) is 11.0 Å². The highest BCUT2D eigenvalue weighted by Crippen LogP contribution is 2.27. The summed E-state index contributed by atoms with van der Waals surface area (Å²) in [5.74, 6) is -2.10. The van der Waals surface area contributed by atoms with Crippen LogP contribution in [0.25, 0.3) is 0 Å². The number of rotatable bonds is 3. The minimum absolute atomic E-state index is 0.286. The van der Waals surface area contributed by atoms with Crippen LogP contribution >= 0.6 is 15.9 Å². The molecule has 0 amide bonds. The smallest absolute Gasteiger partial charge is 0.404 e. The Balaban J connectivity index is 2.61. The van der Waals surface area contributed by atoms with Crippen LogP contribution in [0.4, 0.5) is 22.0 Å². The number of ether oxygens (including phenoxy) is 1.